The van der Waals surface area contributed by atoms with Crippen molar-refractivity contribution in [2.45, 2.75) is 30.6 Å². The summed E-state index contributed by atoms with van der Waals surface area (Å²) in [5.74, 6) is 0.618. The Bertz CT molecular complexity index is 973. The molecule has 1 fully saturated rings. The van der Waals surface area contributed by atoms with Gasteiger partial charge in [0.2, 0.25) is 15.9 Å². The highest BCUT2D eigenvalue weighted by Gasteiger charge is 2.29. The predicted octanol–water partition coefficient (Wildman–Crippen LogP) is 2.95. The fourth-order valence-electron chi connectivity index (χ4n) is 3.70. The van der Waals surface area contributed by atoms with Gasteiger partial charge >= 0.3 is 0 Å². The van der Waals surface area contributed by atoms with Crippen LogP contribution in [0.15, 0.2) is 53.4 Å². The van der Waals surface area contributed by atoms with Crippen LogP contribution in [0.2, 0.25) is 0 Å². The Labute approximate surface area is 184 Å². The van der Waals surface area contributed by atoms with Crippen molar-refractivity contribution >= 4 is 15.9 Å². The number of ether oxygens (including phenoxy) is 2. The molecule has 0 aliphatic carbocycles. The molecular weight excluding hydrogens is 416 g/mol. The second kappa shape index (κ2) is 10.6. The first-order valence-corrected chi connectivity index (χ1v) is 11.9. The molecule has 1 amide bonds. The highest BCUT2D eigenvalue weighted by Crippen LogP contribution is 2.30. The number of piperidine rings is 1. The molecule has 3 rings (SSSR count). The minimum atomic E-state index is -3.91. The van der Waals surface area contributed by atoms with E-state index in [-0.39, 0.29) is 23.9 Å². The molecule has 0 radical (unpaired) electrons. The van der Waals surface area contributed by atoms with E-state index in [0.29, 0.717) is 31.0 Å². The maximum atomic E-state index is 13.5. The van der Waals surface area contributed by atoms with Gasteiger partial charge in [0.15, 0.2) is 11.5 Å². The van der Waals surface area contributed by atoms with Crippen molar-refractivity contribution < 1.29 is 22.7 Å². The van der Waals surface area contributed by atoms with Crippen molar-refractivity contribution in [1.82, 2.24) is 9.21 Å². The summed E-state index contributed by atoms with van der Waals surface area (Å²) < 4.78 is 38.8. The third-order valence-electron chi connectivity index (χ3n) is 5.51. The monoisotopic (exact) mass is 446 g/mol. The standard InChI is InChI=1S/C23H30N2O5S/c1-29-21-12-11-20(17-22(21)30-2)31(27,28)25(16-13-19-9-5-3-6-10-19)18-23(26)24-14-7-4-8-15-24/h3,5-6,9-12,17H,4,7-8,13-16,18H2,1-2H3. The van der Waals surface area contributed by atoms with Crippen LogP contribution in [-0.4, -0.2) is 63.9 Å². The van der Waals surface area contributed by atoms with Gasteiger partial charge in [-0.2, -0.15) is 4.31 Å². The lowest BCUT2D eigenvalue weighted by molar-refractivity contribution is -0.132. The molecule has 1 aliphatic rings. The Balaban J connectivity index is 1.86. The molecule has 1 aliphatic heterocycles. The number of likely N-dealkylation sites (tertiary alicyclic amines) is 1. The van der Waals surface area contributed by atoms with E-state index in [2.05, 4.69) is 0 Å². The van der Waals surface area contributed by atoms with Gasteiger partial charge in [0, 0.05) is 25.7 Å². The quantitative estimate of drug-likeness (QED) is 0.592. The van der Waals surface area contributed by atoms with E-state index in [1.807, 2.05) is 30.3 Å². The molecule has 0 saturated carbocycles. The van der Waals surface area contributed by atoms with Crippen LogP contribution in [0.25, 0.3) is 0 Å². The fraction of sp³-hybridized carbons (Fsp3) is 0.435. The van der Waals surface area contributed by atoms with Gasteiger partial charge in [0.05, 0.1) is 25.7 Å². The van der Waals surface area contributed by atoms with Crippen LogP contribution in [0.3, 0.4) is 0 Å². The van der Waals surface area contributed by atoms with Gasteiger partial charge in [0.25, 0.3) is 0 Å². The van der Waals surface area contributed by atoms with Crippen molar-refractivity contribution in [1.29, 1.82) is 0 Å². The molecule has 1 heterocycles. The van der Waals surface area contributed by atoms with Crippen LogP contribution < -0.4 is 9.47 Å². The van der Waals surface area contributed by atoms with Gasteiger partial charge in [0.1, 0.15) is 0 Å². The van der Waals surface area contributed by atoms with Crippen LogP contribution in [0, 0.1) is 0 Å². The molecular formula is C23H30N2O5S. The first kappa shape index (κ1) is 23.1. The number of sulfonamides is 1. The predicted molar refractivity (Wildman–Crippen MR) is 119 cm³/mol. The lowest BCUT2D eigenvalue weighted by Gasteiger charge is -2.30. The van der Waals surface area contributed by atoms with Crippen molar-refractivity contribution in [2.24, 2.45) is 0 Å². The number of nitrogens with zero attached hydrogens (tertiary/aromatic N) is 2. The first-order chi connectivity index (χ1) is 15.0. The highest BCUT2D eigenvalue weighted by molar-refractivity contribution is 7.89. The SMILES string of the molecule is COc1ccc(S(=O)(=O)N(CCc2ccccc2)CC(=O)N2CCCCC2)cc1OC. The summed E-state index contributed by atoms with van der Waals surface area (Å²) in [4.78, 5) is 14.7. The van der Waals surface area contributed by atoms with Crippen LogP contribution in [0.5, 0.6) is 11.5 Å². The van der Waals surface area contributed by atoms with Crippen LogP contribution in [0.1, 0.15) is 24.8 Å². The number of carbonyl (C=O) groups is 1. The molecule has 2 aromatic carbocycles. The van der Waals surface area contributed by atoms with Crippen molar-refractivity contribution in [3.63, 3.8) is 0 Å². The Hall–Kier alpha value is -2.58. The zero-order valence-electron chi connectivity index (χ0n) is 18.1. The van der Waals surface area contributed by atoms with Crippen molar-refractivity contribution in [2.75, 3.05) is 40.4 Å². The number of methoxy groups -OCH3 is 2. The lowest BCUT2D eigenvalue weighted by Crippen LogP contribution is -2.45. The number of hydrogen-bond acceptors (Lipinski definition) is 5. The molecule has 8 heteroatoms. The molecule has 31 heavy (non-hydrogen) atoms. The summed E-state index contributed by atoms with van der Waals surface area (Å²) in [7, 11) is -0.957. The summed E-state index contributed by atoms with van der Waals surface area (Å²) in [6.45, 7) is 1.40. The Kier molecular flexibility index (Phi) is 7.92. The number of carbonyl (C=O) groups excluding carboxylic acids is 1. The average molecular weight is 447 g/mol. The summed E-state index contributed by atoms with van der Waals surface area (Å²) >= 11 is 0. The summed E-state index contributed by atoms with van der Waals surface area (Å²) in [5, 5.41) is 0. The smallest absolute Gasteiger partial charge is 0.243 e. The Morgan fingerprint density at radius 1 is 0.968 bits per heavy atom. The highest BCUT2D eigenvalue weighted by atomic mass is 32.2. The number of benzene rings is 2. The van der Waals surface area contributed by atoms with Crippen LogP contribution in [-0.2, 0) is 21.2 Å². The molecule has 7 nitrogen and oxygen atoms in total. The van der Waals surface area contributed by atoms with E-state index >= 15 is 0 Å². The zero-order valence-corrected chi connectivity index (χ0v) is 18.9. The summed E-state index contributed by atoms with van der Waals surface area (Å²) in [6, 6.07) is 14.1. The summed E-state index contributed by atoms with van der Waals surface area (Å²) in [5.41, 5.74) is 1.01. The van der Waals surface area contributed by atoms with Gasteiger partial charge in [-0.3, -0.25) is 4.79 Å². The first-order valence-electron chi connectivity index (χ1n) is 10.5. The average Bonchev–Trinajstić information content (AvgIpc) is 2.82. The van der Waals surface area contributed by atoms with E-state index in [9.17, 15) is 13.2 Å². The third kappa shape index (κ3) is 5.77. The second-order valence-electron chi connectivity index (χ2n) is 7.53. The lowest BCUT2D eigenvalue weighted by atomic mass is 10.1. The molecule has 1 saturated heterocycles. The number of amides is 1. The molecule has 0 unspecified atom stereocenters. The van der Waals surface area contributed by atoms with Crippen molar-refractivity contribution in [3.8, 4) is 11.5 Å². The molecule has 0 spiro atoms. The molecule has 0 aromatic heterocycles. The van der Waals surface area contributed by atoms with E-state index in [1.165, 1.54) is 30.7 Å². The number of hydrogen-bond donors (Lipinski definition) is 0. The minimum absolute atomic E-state index is 0.0738. The molecule has 2 aromatic rings. The maximum absolute atomic E-state index is 13.5. The fourth-order valence-corrected chi connectivity index (χ4v) is 5.11. The van der Waals surface area contributed by atoms with Gasteiger partial charge in [-0.15, -0.1) is 0 Å². The topological polar surface area (TPSA) is 76.2 Å². The van der Waals surface area contributed by atoms with Crippen LogP contribution in [0.4, 0.5) is 0 Å². The Morgan fingerprint density at radius 2 is 1.65 bits per heavy atom. The normalized spacial score (nSPS) is 14.5. The molecule has 168 valence electrons. The zero-order chi connectivity index (χ0) is 22.3. The van der Waals surface area contributed by atoms with Gasteiger partial charge < -0.3 is 14.4 Å². The van der Waals surface area contributed by atoms with Gasteiger partial charge in [-0.25, -0.2) is 8.42 Å². The molecule has 0 bridgehead atoms. The second-order valence-corrected chi connectivity index (χ2v) is 9.47. The third-order valence-corrected chi connectivity index (χ3v) is 7.35. The van der Waals surface area contributed by atoms with Gasteiger partial charge in [-0.1, -0.05) is 30.3 Å². The largest absolute Gasteiger partial charge is 0.493 e. The number of rotatable bonds is 9. The molecule has 0 atom stereocenters. The summed E-state index contributed by atoms with van der Waals surface area (Å²) in [6.07, 6.45) is 3.53. The van der Waals surface area contributed by atoms with E-state index in [1.54, 1.807) is 11.0 Å². The van der Waals surface area contributed by atoms with E-state index < -0.39 is 10.0 Å². The maximum Gasteiger partial charge on any atom is 0.243 e. The van der Waals surface area contributed by atoms with E-state index in [0.717, 1.165) is 24.8 Å². The van der Waals surface area contributed by atoms with E-state index in [4.69, 9.17) is 9.47 Å². The van der Waals surface area contributed by atoms with Gasteiger partial charge in [-0.05, 0) is 43.4 Å². The Morgan fingerprint density at radius 3 is 2.29 bits per heavy atom. The minimum Gasteiger partial charge on any atom is -0.493 e. The van der Waals surface area contributed by atoms with Crippen LogP contribution >= 0.6 is 0 Å². The molecule has 0 N–H and O–H groups in total. The van der Waals surface area contributed by atoms with Crippen molar-refractivity contribution in [3.05, 3.63) is 54.1 Å².